The average Bonchev–Trinajstić information content (AvgIpc) is 3.40. The van der Waals surface area contributed by atoms with Crippen LogP contribution in [0.5, 0.6) is 0 Å². The molecule has 254 valence electrons. The molecule has 5 rings (SSSR count). The number of aliphatic carboxylic acids is 1. The van der Waals surface area contributed by atoms with Gasteiger partial charge in [-0.3, -0.25) is 18.8 Å². The van der Waals surface area contributed by atoms with Crippen LogP contribution >= 0.6 is 11.6 Å². The van der Waals surface area contributed by atoms with Gasteiger partial charge in [0.25, 0.3) is 0 Å². The first-order valence-electron chi connectivity index (χ1n) is 14.9. The zero-order chi connectivity index (χ0) is 29.6. The molecule has 0 radical (unpaired) electrons. The van der Waals surface area contributed by atoms with E-state index in [1.165, 1.54) is 77.6 Å². The van der Waals surface area contributed by atoms with Crippen molar-refractivity contribution in [1.82, 2.24) is 19.6 Å². The Kier molecular flexibility index (Phi) is 22.7. The lowest BCUT2D eigenvalue weighted by Crippen LogP contribution is -2.08. The third kappa shape index (κ3) is 14.7. The van der Waals surface area contributed by atoms with E-state index in [9.17, 15) is 14.4 Å². The van der Waals surface area contributed by atoms with Crippen molar-refractivity contribution in [3.63, 3.8) is 0 Å². The first kappa shape index (κ1) is 44.0. The van der Waals surface area contributed by atoms with Gasteiger partial charge in [0, 0.05) is 25.2 Å². The summed E-state index contributed by atoms with van der Waals surface area (Å²) < 4.78 is 1.97. The highest BCUT2D eigenvalue weighted by atomic mass is 35.5. The van der Waals surface area contributed by atoms with Crippen molar-refractivity contribution < 1.29 is 19.5 Å². The molecular weight excluding hydrogens is 588 g/mol. The van der Waals surface area contributed by atoms with Gasteiger partial charge in [-0.2, -0.15) is 0 Å². The normalized spacial score (nSPS) is 14.4. The lowest BCUT2D eigenvalue weighted by molar-refractivity contribution is -0.137. The quantitative estimate of drug-likeness (QED) is 0.191. The van der Waals surface area contributed by atoms with Gasteiger partial charge in [0.05, 0.1) is 11.1 Å². The van der Waals surface area contributed by atoms with Gasteiger partial charge in [-0.25, -0.2) is 4.98 Å². The van der Waals surface area contributed by atoms with Crippen LogP contribution in [0.25, 0.3) is 5.65 Å². The summed E-state index contributed by atoms with van der Waals surface area (Å²) in [6.07, 6.45) is 20.3. The summed E-state index contributed by atoms with van der Waals surface area (Å²) in [7, 11) is 0. The third-order valence-electron chi connectivity index (χ3n) is 8.02. The van der Waals surface area contributed by atoms with E-state index >= 15 is 0 Å². The Balaban J connectivity index is 0. The molecular formula is C36H59ClN4O4. The number of carbonyl (C=O) groups excluding carboxylic acids is 2. The van der Waals surface area contributed by atoms with Gasteiger partial charge < -0.3 is 5.11 Å². The lowest BCUT2D eigenvalue weighted by Gasteiger charge is -2.20. The summed E-state index contributed by atoms with van der Waals surface area (Å²) >= 11 is 5.59. The Bertz CT molecular complexity index is 1280. The summed E-state index contributed by atoms with van der Waals surface area (Å²) in [4.78, 5) is 36.3. The molecule has 2 aliphatic rings. The molecule has 0 saturated heterocycles. The molecule has 3 aromatic rings. The Labute approximate surface area is 277 Å². The van der Waals surface area contributed by atoms with E-state index in [0.717, 1.165) is 24.6 Å². The summed E-state index contributed by atoms with van der Waals surface area (Å²) in [6.45, 7) is 3.04. The zero-order valence-electron chi connectivity index (χ0n) is 24.4. The molecule has 0 aromatic carbocycles. The third-order valence-corrected chi connectivity index (χ3v) is 8.32. The fourth-order valence-corrected chi connectivity index (χ4v) is 5.92. The molecule has 0 aliphatic heterocycles. The molecule has 0 bridgehead atoms. The molecule has 2 aliphatic carbocycles. The number of fused-ring (bicyclic) bond motifs is 1. The highest BCUT2D eigenvalue weighted by Crippen LogP contribution is 2.28. The van der Waals surface area contributed by atoms with Crippen molar-refractivity contribution in [2.45, 2.75) is 133 Å². The molecule has 0 spiro atoms. The number of ketones is 2. The van der Waals surface area contributed by atoms with Gasteiger partial charge >= 0.3 is 5.97 Å². The standard InChI is InChI=1S/C16H21N3O.C9H16O2.C7H6ClNO.4CH4/c1-12(20)14-8-5-11-19-15(17-18-16(14)19)10-9-13-6-3-2-4-7-13;10-9(11)7-6-8-4-2-1-3-5-8;1-5(10)6-3-2-4-9-7(6)8;;;;/h5,8,11,13H,2-4,6-7,9-10H2,1H3;8H,1-7H2,(H,10,11);2-4H,1H3;4*1H4. The van der Waals surface area contributed by atoms with Crippen molar-refractivity contribution >= 4 is 34.8 Å². The second kappa shape index (κ2) is 23.2. The van der Waals surface area contributed by atoms with Crippen molar-refractivity contribution in [2.75, 3.05) is 0 Å². The van der Waals surface area contributed by atoms with Gasteiger partial charge in [-0.05, 0) is 62.8 Å². The number of carbonyl (C=O) groups is 3. The Morgan fingerprint density at radius 3 is 1.82 bits per heavy atom. The van der Waals surface area contributed by atoms with Crippen molar-refractivity contribution in [2.24, 2.45) is 11.8 Å². The molecule has 45 heavy (non-hydrogen) atoms. The molecule has 2 fully saturated rings. The van der Waals surface area contributed by atoms with Crippen LogP contribution in [0.3, 0.4) is 0 Å². The van der Waals surface area contributed by atoms with Crippen LogP contribution in [-0.2, 0) is 11.2 Å². The largest absolute Gasteiger partial charge is 0.481 e. The number of pyridine rings is 2. The van der Waals surface area contributed by atoms with E-state index in [0.29, 0.717) is 29.1 Å². The smallest absolute Gasteiger partial charge is 0.303 e. The molecule has 0 unspecified atom stereocenters. The van der Waals surface area contributed by atoms with E-state index < -0.39 is 5.97 Å². The van der Waals surface area contributed by atoms with E-state index in [1.54, 1.807) is 25.3 Å². The Morgan fingerprint density at radius 2 is 1.33 bits per heavy atom. The minimum absolute atomic E-state index is 0. The van der Waals surface area contributed by atoms with Gasteiger partial charge in [0.15, 0.2) is 17.2 Å². The number of halogens is 1. The molecule has 8 nitrogen and oxygen atoms in total. The summed E-state index contributed by atoms with van der Waals surface area (Å²) in [5, 5.41) is 17.2. The van der Waals surface area contributed by atoms with Gasteiger partial charge in [-0.1, -0.05) is 106 Å². The number of carboxylic acids is 1. The molecule has 0 amide bonds. The number of carboxylic acid groups (broad SMARTS) is 1. The maximum absolute atomic E-state index is 11.6. The van der Waals surface area contributed by atoms with Gasteiger partial charge in [0.2, 0.25) is 0 Å². The number of aromatic nitrogens is 4. The predicted octanol–water partition coefficient (Wildman–Crippen LogP) is 10.4. The summed E-state index contributed by atoms with van der Waals surface area (Å²) in [5.74, 6) is 1.87. The highest BCUT2D eigenvalue weighted by Gasteiger charge is 2.17. The second-order valence-corrected chi connectivity index (χ2v) is 11.5. The highest BCUT2D eigenvalue weighted by molar-refractivity contribution is 6.32. The second-order valence-electron chi connectivity index (χ2n) is 11.2. The SMILES string of the molecule is C.C.C.C.CC(=O)c1cccn2c(CCC3CCCCC3)nnc12.CC(=O)c1cccnc1Cl.O=C(O)CCC1CCCCC1. The minimum Gasteiger partial charge on any atom is -0.481 e. The number of hydrogen-bond acceptors (Lipinski definition) is 6. The van der Waals surface area contributed by atoms with Crippen LogP contribution in [-0.4, -0.2) is 42.2 Å². The van der Waals surface area contributed by atoms with E-state index in [1.807, 2.05) is 22.7 Å². The lowest BCUT2D eigenvalue weighted by atomic mass is 9.86. The first-order chi connectivity index (χ1) is 19.8. The Morgan fingerprint density at radius 1 is 0.800 bits per heavy atom. The number of Topliss-reactive ketones (excluding diaryl/α,β-unsaturated/α-hetero) is 2. The van der Waals surface area contributed by atoms with Crippen molar-refractivity contribution in [3.8, 4) is 0 Å². The zero-order valence-corrected chi connectivity index (χ0v) is 25.1. The molecule has 9 heteroatoms. The van der Waals surface area contributed by atoms with Crippen molar-refractivity contribution in [1.29, 1.82) is 0 Å². The molecule has 1 N–H and O–H groups in total. The van der Waals surface area contributed by atoms with Crippen LogP contribution in [0.1, 0.15) is 154 Å². The number of nitrogens with zero attached hydrogens (tertiary/aromatic N) is 4. The van der Waals surface area contributed by atoms with Gasteiger partial charge in [0.1, 0.15) is 11.0 Å². The molecule has 3 aromatic heterocycles. The van der Waals surface area contributed by atoms with Crippen LogP contribution in [0, 0.1) is 11.8 Å². The summed E-state index contributed by atoms with van der Waals surface area (Å²) in [5.41, 5.74) is 1.83. The van der Waals surface area contributed by atoms with Crippen LogP contribution < -0.4 is 0 Å². The van der Waals surface area contributed by atoms with Crippen LogP contribution in [0.15, 0.2) is 36.7 Å². The maximum Gasteiger partial charge on any atom is 0.303 e. The predicted molar refractivity (Wildman–Crippen MR) is 188 cm³/mol. The number of aryl methyl sites for hydroxylation is 1. The van der Waals surface area contributed by atoms with Gasteiger partial charge in [-0.15, -0.1) is 10.2 Å². The number of hydrogen-bond donors (Lipinski definition) is 1. The van der Waals surface area contributed by atoms with Crippen LogP contribution in [0.4, 0.5) is 0 Å². The topological polar surface area (TPSA) is 115 Å². The summed E-state index contributed by atoms with van der Waals surface area (Å²) in [6, 6.07) is 7.05. The van der Waals surface area contributed by atoms with E-state index in [2.05, 4.69) is 15.2 Å². The fraction of sp³-hybridized carbons (Fsp3) is 0.611. The monoisotopic (exact) mass is 646 g/mol. The molecule has 3 heterocycles. The first-order valence-corrected chi connectivity index (χ1v) is 15.3. The maximum atomic E-state index is 11.6. The van der Waals surface area contributed by atoms with E-state index in [-0.39, 0.29) is 46.4 Å². The average molecular weight is 647 g/mol. The fourth-order valence-electron chi connectivity index (χ4n) is 5.67. The van der Waals surface area contributed by atoms with Crippen molar-refractivity contribution in [3.05, 3.63) is 58.8 Å². The Hall–Kier alpha value is -3.13. The van der Waals surface area contributed by atoms with Crippen LogP contribution in [0.2, 0.25) is 5.15 Å². The minimum atomic E-state index is -0.643. The number of rotatable bonds is 8. The molecule has 2 saturated carbocycles. The molecule has 0 atom stereocenters. The van der Waals surface area contributed by atoms with E-state index in [4.69, 9.17) is 16.7 Å².